The number of primary amides is 1. The summed E-state index contributed by atoms with van der Waals surface area (Å²) in [6.07, 6.45) is 2.26. The van der Waals surface area contributed by atoms with Gasteiger partial charge in [0.1, 0.15) is 6.04 Å². The Bertz CT molecular complexity index is 526. The summed E-state index contributed by atoms with van der Waals surface area (Å²) in [5, 5.41) is 0. The maximum Gasteiger partial charge on any atom is 0.241 e. The monoisotopic (exact) mass is 302 g/mol. The number of carbonyl (C=O) groups is 1. The number of aryl methyl sites for hydroxylation is 1. The third-order valence-corrected chi connectivity index (χ3v) is 4.71. The lowest BCUT2D eigenvalue weighted by Crippen LogP contribution is -2.44. The number of nitrogens with one attached hydrogen (secondary N) is 1. The lowest BCUT2D eigenvalue weighted by Gasteiger charge is -2.15. The molecular formula is C12H18N2O3S2. The standard InChI is InChI=1S/C12H18N2O3S2/c1-9-3-5-10(6-4-9)19(16,17)14-11(12(13)15)7-8-18-2/h3-6,11,14H,7-8H2,1-2H3,(H2,13,15). The highest BCUT2D eigenvalue weighted by atomic mass is 32.2. The molecule has 0 aliphatic heterocycles. The number of thioether (sulfide) groups is 1. The predicted molar refractivity (Wildman–Crippen MR) is 77.5 cm³/mol. The first-order valence-corrected chi connectivity index (χ1v) is 8.62. The maximum atomic E-state index is 12.1. The number of rotatable bonds is 7. The van der Waals surface area contributed by atoms with Gasteiger partial charge in [-0.05, 0) is 37.5 Å². The van der Waals surface area contributed by atoms with Crippen molar-refractivity contribution in [1.82, 2.24) is 4.72 Å². The fourth-order valence-corrected chi connectivity index (χ4v) is 3.18. The molecule has 0 spiro atoms. The summed E-state index contributed by atoms with van der Waals surface area (Å²) in [5.41, 5.74) is 6.18. The molecule has 1 rings (SSSR count). The summed E-state index contributed by atoms with van der Waals surface area (Å²) in [4.78, 5) is 11.4. The number of hydrogen-bond donors (Lipinski definition) is 2. The van der Waals surface area contributed by atoms with Crippen molar-refractivity contribution in [2.24, 2.45) is 5.73 Å². The quantitative estimate of drug-likeness (QED) is 0.782. The summed E-state index contributed by atoms with van der Waals surface area (Å²) in [5.74, 6) is -0.00551. The van der Waals surface area contributed by atoms with Gasteiger partial charge in [0.25, 0.3) is 0 Å². The number of amides is 1. The van der Waals surface area contributed by atoms with Crippen LogP contribution in [0.25, 0.3) is 0 Å². The molecule has 106 valence electrons. The van der Waals surface area contributed by atoms with Crippen molar-refractivity contribution in [3.05, 3.63) is 29.8 Å². The molecule has 0 radical (unpaired) electrons. The first kappa shape index (κ1) is 16.0. The van der Waals surface area contributed by atoms with Crippen molar-refractivity contribution in [1.29, 1.82) is 0 Å². The number of sulfonamides is 1. The zero-order valence-electron chi connectivity index (χ0n) is 10.9. The number of hydrogen-bond acceptors (Lipinski definition) is 4. The van der Waals surface area contributed by atoms with E-state index in [1.54, 1.807) is 12.1 Å². The van der Waals surface area contributed by atoms with E-state index in [2.05, 4.69) is 4.72 Å². The smallest absolute Gasteiger partial charge is 0.241 e. The van der Waals surface area contributed by atoms with Gasteiger partial charge >= 0.3 is 0 Å². The van der Waals surface area contributed by atoms with Crippen LogP contribution in [0.15, 0.2) is 29.2 Å². The molecule has 0 heterocycles. The molecule has 0 bridgehead atoms. The molecule has 1 aromatic carbocycles. The van der Waals surface area contributed by atoms with E-state index < -0.39 is 22.0 Å². The van der Waals surface area contributed by atoms with Gasteiger partial charge in [-0.3, -0.25) is 4.79 Å². The molecular weight excluding hydrogens is 284 g/mol. The van der Waals surface area contributed by atoms with Gasteiger partial charge in [-0.2, -0.15) is 16.5 Å². The van der Waals surface area contributed by atoms with Gasteiger partial charge < -0.3 is 5.73 Å². The highest BCUT2D eigenvalue weighted by Crippen LogP contribution is 2.11. The van der Waals surface area contributed by atoms with Crippen LogP contribution in [-0.2, 0) is 14.8 Å². The topological polar surface area (TPSA) is 89.3 Å². The summed E-state index contributed by atoms with van der Waals surface area (Å²) in [6.45, 7) is 1.87. The molecule has 1 amide bonds. The Kier molecular flexibility index (Phi) is 5.84. The van der Waals surface area contributed by atoms with Crippen LogP contribution in [0.3, 0.4) is 0 Å². The molecule has 5 nitrogen and oxygen atoms in total. The molecule has 3 N–H and O–H groups in total. The molecule has 0 saturated carbocycles. The molecule has 1 atom stereocenters. The number of carbonyl (C=O) groups excluding carboxylic acids is 1. The molecule has 0 aliphatic carbocycles. The maximum absolute atomic E-state index is 12.1. The van der Waals surface area contributed by atoms with Crippen LogP contribution in [0.5, 0.6) is 0 Å². The van der Waals surface area contributed by atoms with Crippen molar-refractivity contribution in [2.75, 3.05) is 12.0 Å². The highest BCUT2D eigenvalue weighted by molar-refractivity contribution is 7.98. The second-order valence-corrected chi connectivity index (χ2v) is 6.87. The first-order chi connectivity index (χ1) is 8.86. The minimum absolute atomic E-state index is 0.133. The van der Waals surface area contributed by atoms with E-state index >= 15 is 0 Å². The van der Waals surface area contributed by atoms with E-state index in [1.807, 2.05) is 13.2 Å². The first-order valence-electron chi connectivity index (χ1n) is 5.74. The normalized spacial score (nSPS) is 13.2. The summed E-state index contributed by atoms with van der Waals surface area (Å²) < 4.78 is 26.5. The second kappa shape index (κ2) is 6.93. The van der Waals surface area contributed by atoms with Crippen LogP contribution in [0.1, 0.15) is 12.0 Å². The lowest BCUT2D eigenvalue weighted by atomic mass is 10.2. The molecule has 0 fully saturated rings. The highest BCUT2D eigenvalue weighted by Gasteiger charge is 2.23. The van der Waals surface area contributed by atoms with Gasteiger partial charge in [-0.25, -0.2) is 8.42 Å². The van der Waals surface area contributed by atoms with E-state index in [1.165, 1.54) is 23.9 Å². The minimum atomic E-state index is -3.71. The molecule has 19 heavy (non-hydrogen) atoms. The predicted octanol–water partition coefficient (Wildman–Crippen LogP) is 0.880. The molecule has 0 saturated heterocycles. The summed E-state index contributed by atoms with van der Waals surface area (Å²) in [7, 11) is -3.71. The van der Waals surface area contributed by atoms with E-state index in [4.69, 9.17) is 5.73 Å². The molecule has 1 aromatic rings. The van der Waals surface area contributed by atoms with E-state index in [0.29, 0.717) is 12.2 Å². The summed E-state index contributed by atoms with van der Waals surface area (Å²) in [6, 6.07) is 5.54. The Morgan fingerprint density at radius 3 is 2.42 bits per heavy atom. The van der Waals surface area contributed by atoms with Gasteiger partial charge in [0, 0.05) is 0 Å². The Hall–Kier alpha value is -1.05. The Morgan fingerprint density at radius 1 is 1.37 bits per heavy atom. The molecule has 7 heteroatoms. The van der Waals surface area contributed by atoms with Gasteiger partial charge in [0.15, 0.2) is 0 Å². The van der Waals surface area contributed by atoms with Crippen LogP contribution < -0.4 is 10.5 Å². The van der Waals surface area contributed by atoms with Crippen LogP contribution in [0.4, 0.5) is 0 Å². The second-order valence-electron chi connectivity index (χ2n) is 4.17. The zero-order valence-corrected chi connectivity index (χ0v) is 12.6. The van der Waals surface area contributed by atoms with E-state index in [-0.39, 0.29) is 4.90 Å². The van der Waals surface area contributed by atoms with E-state index in [9.17, 15) is 13.2 Å². The SMILES string of the molecule is CSCCC(NS(=O)(=O)c1ccc(C)cc1)C(N)=O. The van der Waals surface area contributed by atoms with Crippen LogP contribution in [0, 0.1) is 6.92 Å². The molecule has 0 aromatic heterocycles. The van der Waals surface area contributed by atoms with Crippen LogP contribution in [0.2, 0.25) is 0 Å². The fourth-order valence-electron chi connectivity index (χ4n) is 1.47. The third-order valence-electron chi connectivity index (χ3n) is 2.58. The Labute approximate surface area is 118 Å². The van der Waals surface area contributed by atoms with Crippen molar-refractivity contribution in [3.8, 4) is 0 Å². The van der Waals surface area contributed by atoms with Gasteiger partial charge in [0.05, 0.1) is 4.90 Å². The average molecular weight is 302 g/mol. The van der Waals surface area contributed by atoms with Crippen molar-refractivity contribution in [3.63, 3.8) is 0 Å². The Balaban J connectivity index is 2.87. The largest absolute Gasteiger partial charge is 0.368 e. The Morgan fingerprint density at radius 2 is 1.95 bits per heavy atom. The molecule has 0 aliphatic rings. The van der Waals surface area contributed by atoms with Crippen LogP contribution >= 0.6 is 11.8 Å². The van der Waals surface area contributed by atoms with Crippen molar-refractivity contribution in [2.45, 2.75) is 24.3 Å². The number of nitrogens with two attached hydrogens (primary N) is 1. The van der Waals surface area contributed by atoms with Crippen molar-refractivity contribution >= 4 is 27.7 Å². The summed E-state index contributed by atoms with van der Waals surface area (Å²) >= 11 is 1.53. The van der Waals surface area contributed by atoms with Gasteiger partial charge in [-0.1, -0.05) is 17.7 Å². The van der Waals surface area contributed by atoms with Crippen molar-refractivity contribution < 1.29 is 13.2 Å². The molecule has 1 unspecified atom stereocenters. The zero-order chi connectivity index (χ0) is 14.5. The lowest BCUT2D eigenvalue weighted by molar-refractivity contribution is -0.119. The van der Waals surface area contributed by atoms with Crippen LogP contribution in [-0.4, -0.2) is 32.4 Å². The fraction of sp³-hybridized carbons (Fsp3) is 0.417. The average Bonchev–Trinajstić information content (AvgIpc) is 2.34. The minimum Gasteiger partial charge on any atom is -0.368 e. The van der Waals surface area contributed by atoms with Gasteiger partial charge in [-0.15, -0.1) is 0 Å². The van der Waals surface area contributed by atoms with Gasteiger partial charge in [0.2, 0.25) is 15.9 Å². The van der Waals surface area contributed by atoms with E-state index in [0.717, 1.165) is 5.56 Å². The number of benzene rings is 1. The third kappa shape index (κ3) is 4.85.